The molecular weight excluding hydrogens is 324 g/mol. The molecule has 1 aliphatic heterocycles. The first-order valence-electron chi connectivity index (χ1n) is 6.85. The minimum atomic E-state index is -0.363. The molecule has 110 valence electrons. The molecule has 1 aliphatic rings. The first-order valence-corrected chi connectivity index (χ1v) is 7.65. The van der Waals surface area contributed by atoms with E-state index in [0.29, 0.717) is 16.3 Å². The van der Waals surface area contributed by atoms with E-state index in [1.165, 1.54) is 6.07 Å². The van der Waals surface area contributed by atoms with Gasteiger partial charge in [-0.25, -0.2) is 4.98 Å². The number of pyridine rings is 1. The summed E-state index contributed by atoms with van der Waals surface area (Å²) in [4.78, 5) is 19.5. The highest BCUT2D eigenvalue weighted by Gasteiger charge is 2.31. The summed E-state index contributed by atoms with van der Waals surface area (Å²) in [5, 5.41) is 11.2. The van der Waals surface area contributed by atoms with Gasteiger partial charge in [0.05, 0.1) is 4.92 Å². The van der Waals surface area contributed by atoms with Gasteiger partial charge >= 0.3 is 5.69 Å². The molecule has 20 heavy (non-hydrogen) atoms. The van der Waals surface area contributed by atoms with Crippen molar-refractivity contribution in [3.05, 3.63) is 26.9 Å². The zero-order chi connectivity index (χ0) is 14.7. The molecule has 1 saturated heterocycles. The van der Waals surface area contributed by atoms with Crippen LogP contribution in [0.15, 0.2) is 16.7 Å². The number of likely N-dealkylation sites (N-methyl/N-ethyl adjacent to an activating group) is 1. The molecule has 0 amide bonds. The fourth-order valence-corrected chi connectivity index (χ4v) is 3.09. The molecule has 6 nitrogen and oxygen atoms in total. The van der Waals surface area contributed by atoms with Crippen LogP contribution in [0.3, 0.4) is 0 Å². The van der Waals surface area contributed by atoms with Gasteiger partial charge in [0.1, 0.15) is 0 Å². The van der Waals surface area contributed by atoms with E-state index >= 15 is 0 Å². The van der Waals surface area contributed by atoms with E-state index in [-0.39, 0.29) is 10.6 Å². The molecule has 1 aromatic rings. The maximum Gasteiger partial charge on any atom is 0.312 e. The molecule has 2 heterocycles. The Morgan fingerprint density at radius 3 is 2.85 bits per heavy atom. The molecule has 0 N–H and O–H groups in total. The average Bonchev–Trinajstić information content (AvgIpc) is 2.89. The molecule has 0 aromatic carbocycles. The third-order valence-electron chi connectivity index (χ3n) is 3.80. The molecule has 0 saturated carbocycles. The lowest BCUT2D eigenvalue weighted by Crippen LogP contribution is -2.37. The summed E-state index contributed by atoms with van der Waals surface area (Å²) in [5.74, 6) is 0.479. The summed E-state index contributed by atoms with van der Waals surface area (Å²) >= 11 is 3.24. The fraction of sp³-hybridized carbons (Fsp3) is 0.615. The molecule has 1 fully saturated rings. The Bertz CT molecular complexity index is 493. The van der Waals surface area contributed by atoms with Crippen LogP contribution in [0.25, 0.3) is 0 Å². The quantitative estimate of drug-likeness (QED) is 0.608. The minimum absolute atomic E-state index is 0.0690. The Balaban J connectivity index is 2.20. The molecule has 0 spiro atoms. The van der Waals surface area contributed by atoms with Crippen LogP contribution >= 0.6 is 15.9 Å². The van der Waals surface area contributed by atoms with Gasteiger partial charge < -0.3 is 4.90 Å². The summed E-state index contributed by atoms with van der Waals surface area (Å²) < 4.78 is 0.632. The van der Waals surface area contributed by atoms with Gasteiger partial charge in [-0.05, 0) is 35.4 Å². The van der Waals surface area contributed by atoms with Gasteiger partial charge in [-0.15, -0.1) is 0 Å². The Morgan fingerprint density at radius 1 is 1.55 bits per heavy atom. The van der Waals surface area contributed by atoms with Crippen molar-refractivity contribution in [1.29, 1.82) is 0 Å². The highest BCUT2D eigenvalue weighted by molar-refractivity contribution is 9.10. The third kappa shape index (κ3) is 3.09. The monoisotopic (exact) mass is 342 g/mol. The van der Waals surface area contributed by atoms with E-state index in [2.05, 4.69) is 39.7 Å². The van der Waals surface area contributed by atoms with E-state index in [9.17, 15) is 10.1 Å². The van der Waals surface area contributed by atoms with Crippen LogP contribution in [0.1, 0.15) is 20.3 Å². The average molecular weight is 343 g/mol. The minimum Gasteiger partial charge on any atom is -0.349 e. The number of anilines is 1. The number of hydrogen-bond donors (Lipinski definition) is 0. The maximum atomic E-state index is 11.2. The molecule has 0 bridgehead atoms. The van der Waals surface area contributed by atoms with Crippen LogP contribution in [-0.4, -0.2) is 47.0 Å². The standard InChI is InChI=1S/C13H19BrN4O2/c1-3-16(4-2)11-5-6-17(9-11)13-12(18(19)20)7-10(14)8-15-13/h7-8,11H,3-6,9H2,1-2H3. The highest BCUT2D eigenvalue weighted by atomic mass is 79.9. The second kappa shape index (κ2) is 6.49. The van der Waals surface area contributed by atoms with Crippen molar-refractivity contribution in [2.75, 3.05) is 31.1 Å². The summed E-state index contributed by atoms with van der Waals surface area (Å²) in [5.41, 5.74) is 0.0690. The smallest absolute Gasteiger partial charge is 0.312 e. The van der Waals surface area contributed by atoms with Crippen LogP contribution in [0.2, 0.25) is 0 Å². The Labute approximate surface area is 127 Å². The second-order valence-corrected chi connectivity index (χ2v) is 5.78. The number of halogens is 1. The van der Waals surface area contributed by atoms with Gasteiger partial charge in [0, 0.05) is 35.9 Å². The van der Waals surface area contributed by atoms with E-state index in [1.54, 1.807) is 6.20 Å². The molecule has 1 aromatic heterocycles. The van der Waals surface area contributed by atoms with Crippen LogP contribution < -0.4 is 4.90 Å². The molecule has 0 radical (unpaired) electrons. The van der Waals surface area contributed by atoms with Gasteiger partial charge in [-0.1, -0.05) is 13.8 Å². The lowest BCUT2D eigenvalue weighted by Gasteiger charge is -2.26. The lowest BCUT2D eigenvalue weighted by molar-refractivity contribution is -0.384. The van der Waals surface area contributed by atoms with E-state index < -0.39 is 0 Å². The van der Waals surface area contributed by atoms with Gasteiger partial charge in [-0.3, -0.25) is 15.0 Å². The molecule has 7 heteroatoms. The van der Waals surface area contributed by atoms with E-state index in [0.717, 1.165) is 32.6 Å². The molecule has 0 aliphatic carbocycles. The van der Waals surface area contributed by atoms with Crippen molar-refractivity contribution in [1.82, 2.24) is 9.88 Å². The maximum absolute atomic E-state index is 11.2. The number of hydrogen-bond acceptors (Lipinski definition) is 5. The molecular formula is C13H19BrN4O2. The predicted molar refractivity (Wildman–Crippen MR) is 82.1 cm³/mol. The van der Waals surface area contributed by atoms with Crippen LogP contribution in [0.5, 0.6) is 0 Å². The number of rotatable bonds is 5. The largest absolute Gasteiger partial charge is 0.349 e. The van der Waals surface area contributed by atoms with Crippen molar-refractivity contribution < 1.29 is 4.92 Å². The first-order chi connectivity index (χ1) is 9.56. The number of nitrogens with zero attached hydrogens (tertiary/aromatic N) is 4. The lowest BCUT2D eigenvalue weighted by atomic mass is 10.2. The summed E-state index contributed by atoms with van der Waals surface area (Å²) in [6.07, 6.45) is 2.64. The predicted octanol–water partition coefficient (Wildman–Crippen LogP) is 2.67. The summed E-state index contributed by atoms with van der Waals surface area (Å²) in [6.45, 7) is 7.92. The van der Waals surface area contributed by atoms with E-state index in [4.69, 9.17) is 0 Å². The van der Waals surface area contributed by atoms with Gasteiger partial charge in [0.15, 0.2) is 0 Å². The van der Waals surface area contributed by atoms with Crippen molar-refractivity contribution in [3.63, 3.8) is 0 Å². The second-order valence-electron chi connectivity index (χ2n) is 4.86. The zero-order valence-corrected chi connectivity index (χ0v) is 13.3. The Morgan fingerprint density at radius 2 is 2.25 bits per heavy atom. The van der Waals surface area contributed by atoms with Gasteiger partial charge in [0.2, 0.25) is 5.82 Å². The fourth-order valence-electron chi connectivity index (χ4n) is 2.77. The Kier molecular flexibility index (Phi) is 4.93. The van der Waals surface area contributed by atoms with Gasteiger partial charge in [0.25, 0.3) is 0 Å². The zero-order valence-electron chi connectivity index (χ0n) is 11.8. The SMILES string of the molecule is CCN(CC)C1CCN(c2ncc(Br)cc2[N+](=O)[O-])C1. The first kappa shape index (κ1) is 15.2. The van der Waals surface area contributed by atoms with Crippen LogP contribution in [0, 0.1) is 10.1 Å². The molecule has 2 rings (SSSR count). The van der Waals surface area contributed by atoms with Crippen molar-refractivity contribution >= 4 is 27.4 Å². The van der Waals surface area contributed by atoms with Crippen LogP contribution in [-0.2, 0) is 0 Å². The third-order valence-corrected chi connectivity index (χ3v) is 4.24. The van der Waals surface area contributed by atoms with Crippen molar-refractivity contribution in [2.24, 2.45) is 0 Å². The highest BCUT2D eigenvalue weighted by Crippen LogP contribution is 2.31. The normalized spacial score (nSPS) is 18.8. The van der Waals surface area contributed by atoms with Crippen molar-refractivity contribution in [3.8, 4) is 0 Å². The van der Waals surface area contributed by atoms with E-state index in [1.807, 2.05) is 4.90 Å². The summed E-state index contributed by atoms with van der Waals surface area (Å²) in [7, 11) is 0. The van der Waals surface area contributed by atoms with Crippen molar-refractivity contribution in [2.45, 2.75) is 26.3 Å². The van der Waals surface area contributed by atoms with Gasteiger partial charge in [-0.2, -0.15) is 0 Å². The summed E-state index contributed by atoms with van der Waals surface area (Å²) in [6, 6.07) is 1.97. The van der Waals surface area contributed by atoms with Crippen LogP contribution in [0.4, 0.5) is 11.5 Å². The molecule has 1 atom stereocenters. The number of nitro groups is 1. The topological polar surface area (TPSA) is 62.5 Å². The number of aromatic nitrogens is 1. The molecule has 1 unspecified atom stereocenters. The Hall–Kier alpha value is -1.21.